The van der Waals surface area contributed by atoms with Crippen molar-refractivity contribution < 1.29 is 14.3 Å². The SMILES string of the molecule is CCOC(=O)CCCCCC(=O)c1cccc(CN2CCC2)c1. The minimum Gasteiger partial charge on any atom is -0.466 e. The lowest BCUT2D eigenvalue weighted by Crippen LogP contribution is -2.36. The quantitative estimate of drug-likeness (QED) is 0.376. The molecule has 4 nitrogen and oxygen atoms in total. The molecule has 23 heavy (non-hydrogen) atoms. The van der Waals surface area contributed by atoms with Crippen LogP contribution >= 0.6 is 0 Å². The number of rotatable bonds is 10. The van der Waals surface area contributed by atoms with E-state index in [4.69, 9.17) is 4.74 Å². The number of esters is 1. The Labute approximate surface area is 138 Å². The van der Waals surface area contributed by atoms with E-state index in [9.17, 15) is 9.59 Å². The Morgan fingerprint density at radius 3 is 2.61 bits per heavy atom. The largest absolute Gasteiger partial charge is 0.466 e. The highest BCUT2D eigenvalue weighted by molar-refractivity contribution is 5.96. The Hall–Kier alpha value is -1.68. The van der Waals surface area contributed by atoms with Crippen molar-refractivity contribution in [2.24, 2.45) is 0 Å². The summed E-state index contributed by atoms with van der Waals surface area (Å²) in [5.41, 5.74) is 2.03. The second-order valence-corrected chi connectivity index (χ2v) is 6.12. The van der Waals surface area contributed by atoms with E-state index < -0.39 is 0 Å². The number of ketones is 1. The van der Waals surface area contributed by atoms with Gasteiger partial charge in [0.25, 0.3) is 0 Å². The molecule has 1 fully saturated rings. The zero-order valence-electron chi connectivity index (χ0n) is 14.1. The van der Waals surface area contributed by atoms with Gasteiger partial charge in [-0.1, -0.05) is 24.6 Å². The molecule has 1 aromatic carbocycles. The Bertz CT molecular complexity index is 523. The molecule has 0 aromatic heterocycles. The van der Waals surface area contributed by atoms with Gasteiger partial charge >= 0.3 is 5.97 Å². The number of nitrogens with zero attached hydrogens (tertiary/aromatic N) is 1. The molecular formula is C19H27NO3. The van der Waals surface area contributed by atoms with Gasteiger partial charge in [0, 0.05) is 24.9 Å². The number of Topliss-reactive ketones (excluding diaryl/α,β-unsaturated/α-hetero) is 1. The first kappa shape index (κ1) is 17.7. The topological polar surface area (TPSA) is 46.6 Å². The summed E-state index contributed by atoms with van der Waals surface area (Å²) >= 11 is 0. The molecular weight excluding hydrogens is 290 g/mol. The Balaban J connectivity index is 1.68. The number of carbonyl (C=O) groups excluding carboxylic acids is 2. The molecule has 1 aromatic rings. The van der Waals surface area contributed by atoms with Crippen molar-refractivity contribution >= 4 is 11.8 Å². The predicted molar refractivity (Wildman–Crippen MR) is 90.4 cm³/mol. The van der Waals surface area contributed by atoms with E-state index in [1.807, 2.05) is 25.1 Å². The van der Waals surface area contributed by atoms with Crippen LogP contribution in [0.2, 0.25) is 0 Å². The third-order valence-corrected chi connectivity index (χ3v) is 4.19. The molecule has 0 radical (unpaired) electrons. The standard InChI is InChI=1S/C19H27NO3/c1-2-23-19(22)11-5-3-4-10-18(21)17-9-6-8-16(14-17)15-20-12-7-13-20/h6,8-9,14H,2-5,7,10-13,15H2,1H3. The maximum atomic E-state index is 12.3. The summed E-state index contributed by atoms with van der Waals surface area (Å²) in [5.74, 6) is 0.0594. The van der Waals surface area contributed by atoms with E-state index in [-0.39, 0.29) is 11.8 Å². The first-order valence-corrected chi connectivity index (χ1v) is 8.69. The van der Waals surface area contributed by atoms with Crippen molar-refractivity contribution in [2.45, 2.75) is 52.0 Å². The van der Waals surface area contributed by atoms with Gasteiger partial charge < -0.3 is 4.74 Å². The summed E-state index contributed by atoms with van der Waals surface area (Å²) < 4.78 is 4.89. The number of hydrogen-bond acceptors (Lipinski definition) is 4. The van der Waals surface area contributed by atoms with Crippen molar-refractivity contribution in [1.29, 1.82) is 0 Å². The van der Waals surface area contributed by atoms with Gasteiger partial charge in [0.05, 0.1) is 6.61 Å². The van der Waals surface area contributed by atoms with E-state index in [2.05, 4.69) is 11.0 Å². The zero-order valence-corrected chi connectivity index (χ0v) is 14.1. The van der Waals surface area contributed by atoms with Crippen LogP contribution in [0.25, 0.3) is 0 Å². The van der Waals surface area contributed by atoms with Crippen LogP contribution in [0, 0.1) is 0 Å². The molecule has 0 bridgehead atoms. The maximum absolute atomic E-state index is 12.3. The van der Waals surface area contributed by atoms with E-state index in [1.54, 1.807) is 0 Å². The number of benzene rings is 1. The first-order chi connectivity index (χ1) is 11.2. The predicted octanol–water partition coefficient (Wildman–Crippen LogP) is 3.59. The summed E-state index contributed by atoms with van der Waals surface area (Å²) in [6, 6.07) is 8.00. The molecule has 1 heterocycles. The van der Waals surface area contributed by atoms with E-state index in [0.29, 0.717) is 19.4 Å². The van der Waals surface area contributed by atoms with Gasteiger partial charge in [0.1, 0.15) is 0 Å². The summed E-state index contributed by atoms with van der Waals surface area (Å²) in [7, 11) is 0. The summed E-state index contributed by atoms with van der Waals surface area (Å²) in [6.45, 7) is 5.52. The van der Waals surface area contributed by atoms with Gasteiger partial charge in [-0.3, -0.25) is 14.5 Å². The second-order valence-electron chi connectivity index (χ2n) is 6.12. The van der Waals surface area contributed by atoms with E-state index >= 15 is 0 Å². The highest BCUT2D eigenvalue weighted by atomic mass is 16.5. The molecule has 126 valence electrons. The fourth-order valence-corrected chi connectivity index (χ4v) is 2.75. The van der Waals surface area contributed by atoms with Crippen LogP contribution in [0.1, 0.15) is 61.4 Å². The molecule has 1 saturated heterocycles. The minimum atomic E-state index is -0.141. The second kappa shape index (κ2) is 9.46. The van der Waals surface area contributed by atoms with Crippen molar-refractivity contribution in [2.75, 3.05) is 19.7 Å². The molecule has 0 amide bonds. The number of unbranched alkanes of at least 4 members (excludes halogenated alkanes) is 2. The van der Waals surface area contributed by atoms with Gasteiger partial charge in [-0.15, -0.1) is 0 Å². The highest BCUT2D eigenvalue weighted by Crippen LogP contribution is 2.15. The molecule has 1 aliphatic heterocycles. The molecule has 1 aliphatic rings. The fraction of sp³-hybridized carbons (Fsp3) is 0.579. The lowest BCUT2D eigenvalue weighted by atomic mass is 10.0. The van der Waals surface area contributed by atoms with Crippen LogP contribution in [0.5, 0.6) is 0 Å². The van der Waals surface area contributed by atoms with E-state index in [0.717, 1.165) is 31.4 Å². The van der Waals surface area contributed by atoms with Crippen molar-refractivity contribution in [3.05, 3.63) is 35.4 Å². The number of hydrogen-bond donors (Lipinski definition) is 0. The third-order valence-electron chi connectivity index (χ3n) is 4.19. The first-order valence-electron chi connectivity index (χ1n) is 8.69. The van der Waals surface area contributed by atoms with Gasteiger partial charge in [-0.05, 0) is 50.9 Å². The van der Waals surface area contributed by atoms with Crippen LogP contribution in [0.3, 0.4) is 0 Å². The van der Waals surface area contributed by atoms with Crippen LogP contribution in [0.4, 0.5) is 0 Å². The number of likely N-dealkylation sites (tertiary alicyclic amines) is 1. The van der Waals surface area contributed by atoms with Gasteiger partial charge in [0.2, 0.25) is 0 Å². The summed E-state index contributed by atoms with van der Waals surface area (Å²) in [5, 5.41) is 0. The maximum Gasteiger partial charge on any atom is 0.305 e. The van der Waals surface area contributed by atoms with Crippen molar-refractivity contribution in [3.63, 3.8) is 0 Å². The molecule has 0 N–H and O–H groups in total. The summed E-state index contributed by atoms with van der Waals surface area (Å²) in [4.78, 5) is 25.9. The molecule has 4 heteroatoms. The van der Waals surface area contributed by atoms with Crippen LogP contribution in [-0.2, 0) is 16.1 Å². The van der Waals surface area contributed by atoms with Crippen LogP contribution in [0.15, 0.2) is 24.3 Å². The van der Waals surface area contributed by atoms with E-state index in [1.165, 1.54) is 25.1 Å². The van der Waals surface area contributed by atoms with Crippen LogP contribution in [-0.4, -0.2) is 36.3 Å². The average molecular weight is 317 g/mol. The molecule has 0 spiro atoms. The lowest BCUT2D eigenvalue weighted by Gasteiger charge is -2.30. The summed E-state index contributed by atoms with van der Waals surface area (Å²) in [6.07, 6.45) is 4.79. The molecule has 0 aliphatic carbocycles. The van der Waals surface area contributed by atoms with Gasteiger partial charge in [0.15, 0.2) is 5.78 Å². The Morgan fingerprint density at radius 2 is 1.91 bits per heavy atom. The minimum absolute atomic E-state index is 0.141. The number of carbonyl (C=O) groups is 2. The smallest absolute Gasteiger partial charge is 0.305 e. The third kappa shape index (κ3) is 6.14. The normalized spacial score (nSPS) is 14.3. The van der Waals surface area contributed by atoms with Gasteiger partial charge in [-0.25, -0.2) is 0 Å². The van der Waals surface area contributed by atoms with Gasteiger partial charge in [-0.2, -0.15) is 0 Å². The highest BCUT2D eigenvalue weighted by Gasteiger charge is 2.14. The lowest BCUT2D eigenvalue weighted by molar-refractivity contribution is -0.143. The van der Waals surface area contributed by atoms with Crippen molar-refractivity contribution in [1.82, 2.24) is 4.90 Å². The number of ether oxygens (including phenoxy) is 1. The van der Waals surface area contributed by atoms with Crippen LogP contribution < -0.4 is 0 Å². The fourth-order valence-electron chi connectivity index (χ4n) is 2.75. The molecule has 0 atom stereocenters. The average Bonchev–Trinajstić information content (AvgIpc) is 2.51. The monoisotopic (exact) mass is 317 g/mol. The molecule has 0 saturated carbocycles. The Morgan fingerprint density at radius 1 is 1.13 bits per heavy atom. The Kier molecular flexibility index (Phi) is 7.27. The zero-order chi connectivity index (χ0) is 16.5. The molecule has 2 rings (SSSR count). The van der Waals surface area contributed by atoms with Crippen molar-refractivity contribution in [3.8, 4) is 0 Å². The molecule has 0 unspecified atom stereocenters.